The highest BCUT2D eigenvalue weighted by molar-refractivity contribution is 6.01. The van der Waals surface area contributed by atoms with Gasteiger partial charge in [-0.25, -0.2) is 4.79 Å². The number of aromatic amines is 1. The van der Waals surface area contributed by atoms with Crippen molar-refractivity contribution in [2.75, 3.05) is 5.32 Å². The van der Waals surface area contributed by atoms with Gasteiger partial charge in [0.2, 0.25) is 5.56 Å². The van der Waals surface area contributed by atoms with Crippen LogP contribution in [0.25, 0.3) is 10.9 Å². The highest BCUT2D eigenvalue weighted by Crippen LogP contribution is 2.19. The van der Waals surface area contributed by atoms with Gasteiger partial charge in [-0.05, 0) is 12.1 Å². The minimum atomic E-state index is -0.593. The predicted molar refractivity (Wildman–Crippen MR) is 66.3 cm³/mol. The zero-order chi connectivity index (χ0) is 12.3. The van der Waals surface area contributed by atoms with Crippen LogP contribution in [0.3, 0.4) is 0 Å². The van der Waals surface area contributed by atoms with E-state index in [-0.39, 0.29) is 5.56 Å². The maximum Gasteiger partial charge on any atom is 0.346 e. The van der Waals surface area contributed by atoms with E-state index >= 15 is 0 Å². The van der Waals surface area contributed by atoms with Crippen molar-refractivity contribution in [1.29, 1.82) is 0 Å². The van der Waals surface area contributed by atoms with Crippen molar-refractivity contribution in [3.63, 3.8) is 0 Å². The lowest BCUT2D eigenvalue weighted by atomic mass is 10.2. The number of hydrogen-bond acceptors (Lipinski definition) is 2. The quantitative estimate of drug-likeness (QED) is 0.504. The summed E-state index contributed by atoms with van der Waals surface area (Å²) in [7, 11) is 0. The molecule has 0 bridgehead atoms. The number of fused-ring (bicyclic) bond motifs is 1. The molecule has 0 atom stereocenters. The molecular formula is C11H10N4O2. The topological polar surface area (TPSA) is 100 Å². The number of nitrogens with two attached hydrogens (primary N) is 1. The normalized spacial score (nSPS) is 10.8. The fraction of sp³-hybridized carbons (Fsp3) is 0. The molecular weight excluding hydrogens is 220 g/mol. The molecule has 0 fully saturated rings. The van der Waals surface area contributed by atoms with Gasteiger partial charge in [-0.1, -0.05) is 12.1 Å². The largest absolute Gasteiger partial charge is 0.390 e. The molecule has 4 N–H and O–H groups in total. The van der Waals surface area contributed by atoms with E-state index in [1.807, 2.05) is 6.07 Å². The number of nitrogens with one attached hydrogen (secondary N) is 2. The van der Waals surface area contributed by atoms with Crippen LogP contribution in [-0.4, -0.2) is 17.4 Å². The molecule has 2 aromatic rings. The Kier molecular flexibility index (Phi) is 2.87. The predicted octanol–water partition coefficient (Wildman–Crippen LogP) is 1.05. The monoisotopic (exact) mass is 230 g/mol. The molecule has 1 heterocycles. The Hall–Kier alpha value is -2.63. The third kappa shape index (κ3) is 2.31. The van der Waals surface area contributed by atoms with E-state index in [0.717, 1.165) is 11.7 Å². The van der Waals surface area contributed by atoms with E-state index in [1.165, 1.54) is 6.07 Å². The molecule has 0 aliphatic carbocycles. The molecule has 0 radical (unpaired) electrons. The number of anilines is 1. The summed E-state index contributed by atoms with van der Waals surface area (Å²) in [6.07, 6.45) is 0.906. The highest BCUT2D eigenvalue weighted by Gasteiger charge is 2.04. The first-order valence-electron chi connectivity index (χ1n) is 4.88. The van der Waals surface area contributed by atoms with Crippen molar-refractivity contribution < 1.29 is 4.79 Å². The summed E-state index contributed by atoms with van der Waals surface area (Å²) in [5.41, 5.74) is 5.81. The number of rotatable bonds is 1. The van der Waals surface area contributed by atoms with Gasteiger partial charge in [0.05, 0.1) is 17.5 Å². The van der Waals surface area contributed by atoms with Crippen LogP contribution in [0.2, 0.25) is 0 Å². The molecule has 1 aromatic heterocycles. The van der Waals surface area contributed by atoms with E-state index in [4.69, 9.17) is 5.73 Å². The Morgan fingerprint density at radius 1 is 1.35 bits per heavy atom. The van der Waals surface area contributed by atoms with Crippen molar-refractivity contribution in [1.82, 2.24) is 4.98 Å². The average Bonchev–Trinajstić information content (AvgIpc) is 2.30. The van der Waals surface area contributed by atoms with Gasteiger partial charge < -0.3 is 16.0 Å². The van der Waals surface area contributed by atoms with E-state index < -0.39 is 6.03 Å². The molecule has 86 valence electrons. The number of carbonyl (C=O) groups excluding carboxylic acids is 1. The number of H-pyrrole nitrogens is 1. The van der Waals surface area contributed by atoms with Crippen molar-refractivity contribution in [2.45, 2.75) is 0 Å². The van der Waals surface area contributed by atoms with Gasteiger partial charge in [-0.2, -0.15) is 4.99 Å². The second-order valence-electron chi connectivity index (χ2n) is 3.30. The maximum atomic E-state index is 11.3. The Bertz CT molecular complexity index is 645. The van der Waals surface area contributed by atoms with E-state index in [0.29, 0.717) is 11.2 Å². The summed E-state index contributed by atoms with van der Waals surface area (Å²) in [6.45, 7) is 0. The molecule has 2 rings (SSSR count). The molecule has 0 aliphatic rings. The van der Waals surface area contributed by atoms with Crippen LogP contribution in [-0.2, 0) is 0 Å². The zero-order valence-electron chi connectivity index (χ0n) is 8.81. The standard InChI is InChI=1S/C11H10N4O2/c12-6-13-11(17)14-8-3-1-2-7-4-5-9(16)15-10(7)8/h1-6H,(H,15,16)(H3,12,13,14,17). The average molecular weight is 230 g/mol. The van der Waals surface area contributed by atoms with Gasteiger partial charge in [-0.15, -0.1) is 0 Å². The molecule has 0 aliphatic heterocycles. The van der Waals surface area contributed by atoms with Crippen LogP contribution < -0.4 is 16.6 Å². The number of urea groups is 1. The Morgan fingerprint density at radius 2 is 2.18 bits per heavy atom. The first kappa shape index (κ1) is 10.9. The second kappa shape index (κ2) is 4.48. The molecule has 0 unspecified atom stereocenters. The van der Waals surface area contributed by atoms with Crippen molar-refractivity contribution >= 4 is 29.0 Å². The first-order chi connectivity index (χ1) is 8.20. The number of para-hydroxylation sites is 1. The lowest BCUT2D eigenvalue weighted by Crippen LogP contribution is -2.10. The van der Waals surface area contributed by atoms with Crippen LogP contribution in [0.4, 0.5) is 10.5 Å². The first-order valence-corrected chi connectivity index (χ1v) is 4.88. The molecule has 2 amide bonds. The van der Waals surface area contributed by atoms with E-state index in [2.05, 4.69) is 15.3 Å². The molecule has 0 spiro atoms. The fourth-order valence-corrected chi connectivity index (χ4v) is 1.50. The number of aromatic nitrogens is 1. The summed E-state index contributed by atoms with van der Waals surface area (Å²) < 4.78 is 0. The summed E-state index contributed by atoms with van der Waals surface area (Å²) in [5, 5.41) is 3.34. The number of nitrogens with zero attached hydrogens (tertiary/aromatic N) is 1. The summed E-state index contributed by atoms with van der Waals surface area (Å²) in [6, 6.07) is 7.77. The van der Waals surface area contributed by atoms with Crippen molar-refractivity contribution in [3.8, 4) is 0 Å². The van der Waals surface area contributed by atoms with Gasteiger partial charge >= 0.3 is 6.03 Å². The van der Waals surface area contributed by atoms with Gasteiger partial charge in [-0.3, -0.25) is 4.79 Å². The summed E-state index contributed by atoms with van der Waals surface area (Å²) in [4.78, 5) is 28.5. The van der Waals surface area contributed by atoms with Crippen molar-refractivity contribution in [2.24, 2.45) is 10.7 Å². The molecule has 6 heteroatoms. The number of pyridine rings is 1. The van der Waals surface area contributed by atoms with Crippen LogP contribution in [0.1, 0.15) is 0 Å². The molecule has 0 saturated carbocycles. The number of amides is 2. The van der Waals surface area contributed by atoms with Gasteiger partial charge in [0, 0.05) is 11.5 Å². The molecule has 1 aromatic carbocycles. The van der Waals surface area contributed by atoms with Crippen LogP contribution in [0.5, 0.6) is 0 Å². The zero-order valence-corrected chi connectivity index (χ0v) is 8.81. The van der Waals surface area contributed by atoms with Crippen LogP contribution in [0, 0.1) is 0 Å². The van der Waals surface area contributed by atoms with Crippen molar-refractivity contribution in [3.05, 3.63) is 40.7 Å². The number of aliphatic imine (C=N–C) groups is 1. The maximum absolute atomic E-state index is 11.3. The minimum absolute atomic E-state index is 0.235. The Labute approximate surface area is 96.2 Å². The number of hydrogen-bond donors (Lipinski definition) is 3. The molecule has 0 saturated heterocycles. The minimum Gasteiger partial charge on any atom is -0.390 e. The third-order valence-electron chi connectivity index (χ3n) is 2.19. The van der Waals surface area contributed by atoms with Gasteiger partial charge in [0.1, 0.15) is 0 Å². The Balaban J connectivity index is 2.50. The second-order valence-corrected chi connectivity index (χ2v) is 3.30. The van der Waals surface area contributed by atoms with E-state index in [1.54, 1.807) is 18.2 Å². The highest BCUT2D eigenvalue weighted by atomic mass is 16.2. The lowest BCUT2D eigenvalue weighted by molar-refractivity contribution is 0.259. The smallest absolute Gasteiger partial charge is 0.346 e. The number of benzene rings is 1. The lowest BCUT2D eigenvalue weighted by Gasteiger charge is -2.05. The third-order valence-corrected chi connectivity index (χ3v) is 2.19. The van der Waals surface area contributed by atoms with Gasteiger partial charge in [0.25, 0.3) is 0 Å². The Morgan fingerprint density at radius 3 is 2.94 bits per heavy atom. The molecule has 17 heavy (non-hydrogen) atoms. The van der Waals surface area contributed by atoms with Crippen LogP contribution >= 0.6 is 0 Å². The van der Waals surface area contributed by atoms with E-state index in [9.17, 15) is 9.59 Å². The summed E-state index contributed by atoms with van der Waals surface area (Å²) >= 11 is 0. The fourth-order valence-electron chi connectivity index (χ4n) is 1.50. The van der Waals surface area contributed by atoms with Gasteiger partial charge in [0.15, 0.2) is 0 Å². The van der Waals surface area contributed by atoms with Crippen LogP contribution in [0.15, 0.2) is 40.1 Å². The SMILES string of the molecule is N/C=N\C(=O)Nc1cccc2ccc(=O)[nH]c12. The molecule has 6 nitrogen and oxygen atoms in total. The summed E-state index contributed by atoms with van der Waals surface area (Å²) in [5.74, 6) is 0. The number of carbonyl (C=O) groups is 1.